The number of carbonyl (C=O) groups is 1. The molecular formula is C14H15NO2. The summed E-state index contributed by atoms with van der Waals surface area (Å²) in [4.78, 5) is 15.0. The Bertz CT molecular complexity index is 561. The quantitative estimate of drug-likeness (QED) is 0.880. The number of aromatic nitrogens is 1. The third-order valence-corrected chi connectivity index (χ3v) is 2.79. The van der Waals surface area contributed by atoms with E-state index in [2.05, 4.69) is 24.9 Å². The van der Waals surface area contributed by atoms with E-state index < -0.39 is 5.97 Å². The van der Waals surface area contributed by atoms with Crippen molar-refractivity contribution in [3.63, 3.8) is 0 Å². The van der Waals surface area contributed by atoms with E-state index in [4.69, 9.17) is 5.11 Å². The van der Waals surface area contributed by atoms with Crippen molar-refractivity contribution in [1.29, 1.82) is 0 Å². The fraction of sp³-hybridized carbons (Fsp3) is 0.286. The van der Waals surface area contributed by atoms with Crippen LogP contribution in [0.2, 0.25) is 0 Å². The molecule has 1 heterocycles. The lowest BCUT2D eigenvalue weighted by molar-refractivity contribution is -0.136. The first-order valence-electron chi connectivity index (χ1n) is 5.66. The van der Waals surface area contributed by atoms with Crippen LogP contribution in [0.25, 0.3) is 10.9 Å². The highest BCUT2D eigenvalue weighted by Crippen LogP contribution is 2.20. The lowest BCUT2D eigenvalue weighted by Gasteiger charge is -2.07. The van der Waals surface area contributed by atoms with E-state index in [9.17, 15) is 4.79 Å². The van der Waals surface area contributed by atoms with Crippen LogP contribution in [0.5, 0.6) is 0 Å². The van der Waals surface area contributed by atoms with Crippen molar-refractivity contribution < 1.29 is 9.90 Å². The van der Waals surface area contributed by atoms with Gasteiger partial charge in [-0.2, -0.15) is 0 Å². The predicted octanol–water partition coefficient (Wildman–Crippen LogP) is 2.99. The van der Waals surface area contributed by atoms with E-state index in [1.54, 1.807) is 0 Å². The zero-order chi connectivity index (χ0) is 12.4. The fourth-order valence-corrected chi connectivity index (χ4v) is 1.78. The number of aliphatic carboxylic acids is 1. The van der Waals surface area contributed by atoms with Gasteiger partial charge < -0.3 is 5.11 Å². The van der Waals surface area contributed by atoms with Gasteiger partial charge in [0.15, 0.2) is 0 Å². The molecule has 0 radical (unpaired) electrons. The summed E-state index contributed by atoms with van der Waals surface area (Å²) in [5.74, 6) is -0.367. The number of nitrogens with zero attached hydrogens (tertiary/aromatic N) is 1. The highest BCUT2D eigenvalue weighted by atomic mass is 16.4. The molecule has 88 valence electrons. The van der Waals surface area contributed by atoms with E-state index >= 15 is 0 Å². The first-order valence-corrected chi connectivity index (χ1v) is 5.66. The minimum atomic E-state index is -0.817. The van der Waals surface area contributed by atoms with Crippen LogP contribution in [0.3, 0.4) is 0 Å². The van der Waals surface area contributed by atoms with Crippen LogP contribution in [-0.4, -0.2) is 16.1 Å². The van der Waals surface area contributed by atoms with Gasteiger partial charge in [0.05, 0.1) is 11.9 Å². The molecule has 0 amide bonds. The molecule has 1 aromatic heterocycles. The van der Waals surface area contributed by atoms with E-state index in [-0.39, 0.29) is 6.42 Å². The molecule has 0 saturated carbocycles. The Labute approximate surface area is 100 Å². The summed E-state index contributed by atoms with van der Waals surface area (Å²) >= 11 is 0. The number of carboxylic acids is 1. The molecule has 0 aliphatic heterocycles. The van der Waals surface area contributed by atoms with E-state index in [1.165, 1.54) is 5.56 Å². The summed E-state index contributed by atoms with van der Waals surface area (Å²) in [6, 6.07) is 7.74. The Morgan fingerprint density at radius 1 is 1.35 bits per heavy atom. The number of hydrogen-bond acceptors (Lipinski definition) is 2. The fourth-order valence-electron chi connectivity index (χ4n) is 1.78. The zero-order valence-corrected chi connectivity index (χ0v) is 9.97. The van der Waals surface area contributed by atoms with Gasteiger partial charge in [-0.3, -0.25) is 9.78 Å². The van der Waals surface area contributed by atoms with Crippen LogP contribution in [0.4, 0.5) is 0 Å². The van der Waals surface area contributed by atoms with Gasteiger partial charge in [0.1, 0.15) is 0 Å². The van der Waals surface area contributed by atoms with E-state index in [0.717, 1.165) is 16.5 Å². The third-order valence-electron chi connectivity index (χ3n) is 2.79. The molecule has 3 heteroatoms. The predicted molar refractivity (Wildman–Crippen MR) is 67.2 cm³/mol. The van der Waals surface area contributed by atoms with Crippen LogP contribution < -0.4 is 0 Å². The molecule has 2 aromatic rings. The monoisotopic (exact) mass is 229 g/mol. The molecular weight excluding hydrogens is 214 g/mol. The van der Waals surface area contributed by atoms with Crippen LogP contribution >= 0.6 is 0 Å². The highest BCUT2D eigenvalue weighted by molar-refractivity contribution is 5.81. The second kappa shape index (κ2) is 4.53. The van der Waals surface area contributed by atoms with Crippen LogP contribution in [0, 0.1) is 0 Å². The normalized spacial score (nSPS) is 11.0. The molecule has 1 aromatic carbocycles. The number of hydrogen-bond donors (Lipinski definition) is 1. The number of carboxylic acid groups (broad SMARTS) is 1. The molecule has 0 unspecified atom stereocenters. The second-order valence-corrected chi connectivity index (χ2v) is 4.52. The van der Waals surface area contributed by atoms with Gasteiger partial charge in [0.2, 0.25) is 0 Å². The van der Waals surface area contributed by atoms with Crippen LogP contribution in [0.1, 0.15) is 30.9 Å². The average Bonchev–Trinajstić information content (AvgIpc) is 2.27. The maximum Gasteiger partial charge on any atom is 0.307 e. The zero-order valence-electron chi connectivity index (χ0n) is 9.97. The summed E-state index contributed by atoms with van der Waals surface area (Å²) in [5, 5.41) is 9.80. The first-order chi connectivity index (χ1) is 8.06. The number of pyridine rings is 1. The van der Waals surface area contributed by atoms with Gasteiger partial charge in [0, 0.05) is 11.6 Å². The smallest absolute Gasteiger partial charge is 0.307 e. The molecule has 0 spiro atoms. The lowest BCUT2D eigenvalue weighted by Crippen LogP contribution is -2.00. The Hall–Kier alpha value is -1.90. The number of fused-ring (bicyclic) bond motifs is 1. The first kappa shape index (κ1) is 11.6. The summed E-state index contributed by atoms with van der Waals surface area (Å²) in [6.45, 7) is 4.25. The van der Waals surface area contributed by atoms with Gasteiger partial charge in [0.25, 0.3) is 0 Å². The summed E-state index contributed by atoms with van der Waals surface area (Å²) in [6.07, 6.45) is 1.90. The SMILES string of the molecule is CC(C)c1cnc2cc(CC(=O)O)ccc2c1. The van der Waals surface area contributed by atoms with Crippen molar-refractivity contribution in [2.75, 3.05) is 0 Å². The molecule has 2 rings (SSSR count). The minimum absolute atomic E-state index is 0.0452. The van der Waals surface area contributed by atoms with Gasteiger partial charge in [-0.05, 0) is 29.2 Å². The summed E-state index contributed by atoms with van der Waals surface area (Å²) in [5.41, 5.74) is 2.84. The standard InChI is InChI=1S/C14H15NO2/c1-9(2)12-7-11-4-3-10(6-14(16)17)5-13(11)15-8-12/h3-5,7-9H,6H2,1-2H3,(H,16,17). The number of benzene rings is 1. The van der Waals surface area contributed by atoms with Crippen molar-refractivity contribution in [3.05, 3.63) is 41.6 Å². The molecule has 0 atom stereocenters. The van der Waals surface area contributed by atoms with Gasteiger partial charge >= 0.3 is 5.97 Å². The van der Waals surface area contributed by atoms with Crippen molar-refractivity contribution in [2.24, 2.45) is 0 Å². The maximum atomic E-state index is 10.6. The molecule has 3 nitrogen and oxygen atoms in total. The Kier molecular flexibility index (Phi) is 3.09. The molecule has 0 aliphatic rings. The minimum Gasteiger partial charge on any atom is -0.481 e. The largest absolute Gasteiger partial charge is 0.481 e. The second-order valence-electron chi connectivity index (χ2n) is 4.52. The topological polar surface area (TPSA) is 50.2 Å². The van der Waals surface area contributed by atoms with Gasteiger partial charge in [-0.15, -0.1) is 0 Å². The van der Waals surface area contributed by atoms with Crippen molar-refractivity contribution in [1.82, 2.24) is 4.98 Å². The molecule has 1 N–H and O–H groups in total. The molecule has 0 saturated heterocycles. The molecule has 0 bridgehead atoms. The summed E-state index contributed by atoms with van der Waals surface area (Å²) < 4.78 is 0. The Morgan fingerprint density at radius 3 is 2.76 bits per heavy atom. The third kappa shape index (κ3) is 2.61. The molecule has 0 aliphatic carbocycles. The Balaban J connectivity index is 2.43. The molecule has 0 fully saturated rings. The van der Waals surface area contributed by atoms with Crippen LogP contribution in [-0.2, 0) is 11.2 Å². The Morgan fingerprint density at radius 2 is 2.12 bits per heavy atom. The maximum absolute atomic E-state index is 10.6. The van der Waals surface area contributed by atoms with Crippen molar-refractivity contribution in [2.45, 2.75) is 26.2 Å². The van der Waals surface area contributed by atoms with E-state index in [0.29, 0.717) is 5.92 Å². The van der Waals surface area contributed by atoms with Crippen LogP contribution in [0.15, 0.2) is 30.5 Å². The summed E-state index contributed by atoms with van der Waals surface area (Å²) in [7, 11) is 0. The van der Waals surface area contributed by atoms with E-state index in [1.807, 2.05) is 24.4 Å². The van der Waals surface area contributed by atoms with Crippen molar-refractivity contribution in [3.8, 4) is 0 Å². The highest BCUT2D eigenvalue weighted by Gasteiger charge is 2.05. The molecule has 17 heavy (non-hydrogen) atoms. The lowest BCUT2D eigenvalue weighted by atomic mass is 10.0. The van der Waals surface area contributed by atoms with Gasteiger partial charge in [-0.25, -0.2) is 0 Å². The van der Waals surface area contributed by atoms with Gasteiger partial charge in [-0.1, -0.05) is 26.0 Å². The van der Waals surface area contributed by atoms with Crippen molar-refractivity contribution >= 4 is 16.9 Å². The number of rotatable bonds is 3. The average molecular weight is 229 g/mol.